The molecule has 0 aliphatic rings. The van der Waals surface area contributed by atoms with Crippen LogP contribution in [-0.4, -0.2) is 50.6 Å². The van der Waals surface area contributed by atoms with E-state index in [4.69, 9.17) is 0 Å². The molecule has 0 aliphatic carbocycles. The molecule has 0 rings (SSSR count). The van der Waals surface area contributed by atoms with Gasteiger partial charge in [-0.15, -0.1) is 0 Å². The number of aliphatic hydroxyl groups is 2. The summed E-state index contributed by atoms with van der Waals surface area (Å²) in [6, 6.07) is -2.65. The van der Waals surface area contributed by atoms with Gasteiger partial charge >= 0.3 is 0 Å². The normalized spacial score (nSPS) is 16.0. The van der Waals surface area contributed by atoms with Crippen LogP contribution in [0, 0.1) is 20.2 Å². The summed E-state index contributed by atoms with van der Waals surface area (Å²) in [5.74, 6) is 0. The highest BCUT2D eigenvalue weighted by Crippen LogP contribution is 2.17. The topological polar surface area (TPSA) is 144 Å². The first-order valence-electron chi connectivity index (χ1n) is 9.48. The van der Waals surface area contributed by atoms with E-state index in [1.165, 1.54) is 0 Å². The van der Waals surface area contributed by atoms with Crippen LogP contribution < -0.4 is 0 Å². The number of hydrogen-bond donors (Lipinski definition) is 2. The molecule has 27 heavy (non-hydrogen) atoms. The second kappa shape index (κ2) is 15.2. The van der Waals surface area contributed by atoms with Crippen molar-refractivity contribution in [2.24, 2.45) is 0 Å². The van der Waals surface area contributed by atoms with Crippen molar-refractivity contribution in [3.05, 3.63) is 32.4 Å². The number of nitro groups is 2. The van der Waals surface area contributed by atoms with E-state index in [2.05, 4.69) is 6.92 Å². The van der Waals surface area contributed by atoms with E-state index in [0.717, 1.165) is 25.7 Å². The van der Waals surface area contributed by atoms with Gasteiger partial charge in [0, 0.05) is 35.5 Å². The lowest BCUT2D eigenvalue weighted by Crippen LogP contribution is -2.41. The summed E-state index contributed by atoms with van der Waals surface area (Å²) in [5, 5.41) is 42.5. The Morgan fingerprint density at radius 2 is 1.59 bits per heavy atom. The third kappa shape index (κ3) is 11.4. The van der Waals surface area contributed by atoms with Gasteiger partial charge in [-0.25, -0.2) is 0 Å². The van der Waals surface area contributed by atoms with Crippen molar-refractivity contribution >= 4 is 6.29 Å². The first kappa shape index (κ1) is 25.1. The van der Waals surface area contributed by atoms with E-state index in [9.17, 15) is 35.2 Å². The van der Waals surface area contributed by atoms with Crippen molar-refractivity contribution in [2.45, 2.75) is 95.4 Å². The maximum atomic E-state index is 11.2. The number of hydrogen-bond acceptors (Lipinski definition) is 7. The van der Waals surface area contributed by atoms with Crippen LogP contribution in [-0.2, 0) is 4.79 Å². The van der Waals surface area contributed by atoms with Crippen molar-refractivity contribution < 1.29 is 24.9 Å². The standard InChI is InChI=1S/C18H31N2O7/c1-2-3-4-5-6-8-11-15(19(24)25)17(22)14-18(23)16(20(26)27)12-9-7-10-13-21/h6,8,15-18,22-23H,2-5,7,9-12,14H2,1H3/b8-6+. The zero-order valence-corrected chi connectivity index (χ0v) is 15.9. The molecule has 0 aliphatic heterocycles. The van der Waals surface area contributed by atoms with Crippen LogP contribution in [0.2, 0.25) is 0 Å². The summed E-state index contributed by atoms with van der Waals surface area (Å²) in [6.07, 6.45) is 6.66. The Kier molecular flexibility index (Phi) is 14.2. The molecule has 4 unspecified atom stereocenters. The monoisotopic (exact) mass is 387 g/mol. The van der Waals surface area contributed by atoms with Crippen LogP contribution in [0.1, 0.15) is 71.1 Å². The highest BCUT2D eigenvalue weighted by atomic mass is 16.6. The van der Waals surface area contributed by atoms with Gasteiger partial charge in [-0.05, 0) is 25.7 Å². The second-order valence-electron chi connectivity index (χ2n) is 6.67. The fraction of sp³-hybridized carbons (Fsp3) is 0.833. The minimum Gasteiger partial charge on any atom is -0.386 e. The quantitative estimate of drug-likeness (QED) is 0.169. The molecule has 0 saturated carbocycles. The first-order valence-corrected chi connectivity index (χ1v) is 9.48. The fourth-order valence-electron chi connectivity index (χ4n) is 2.80. The predicted molar refractivity (Wildman–Crippen MR) is 100 cm³/mol. The Hall–Kier alpha value is -1.87. The van der Waals surface area contributed by atoms with Crippen molar-refractivity contribution in [1.29, 1.82) is 0 Å². The highest BCUT2D eigenvalue weighted by molar-refractivity contribution is 5.50. The van der Waals surface area contributed by atoms with Gasteiger partial charge in [0.1, 0.15) is 12.2 Å². The molecule has 155 valence electrons. The molecule has 0 aromatic rings. The molecular formula is C18H31N2O7. The van der Waals surface area contributed by atoms with Gasteiger partial charge in [0.2, 0.25) is 12.1 Å². The van der Waals surface area contributed by atoms with Crippen molar-refractivity contribution in [3.63, 3.8) is 0 Å². The van der Waals surface area contributed by atoms with Crippen LogP contribution in [0.25, 0.3) is 0 Å². The maximum absolute atomic E-state index is 11.2. The van der Waals surface area contributed by atoms with Crippen LogP contribution >= 0.6 is 0 Å². The summed E-state index contributed by atoms with van der Waals surface area (Å²) in [7, 11) is 0. The third-order valence-electron chi connectivity index (χ3n) is 4.46. The first-order chi connectivity index (χ1) is 12.8. The minimum atomic E-state index is -1.49. The Morgan fingerprint density at radius 1 is 0.963 bits per heavy atom. The molecule has 0 fully saturated rings. The lowest BCUT2D eigenvalue weighted by molar-refractivity contribution is -0.543. The summed E-state index contributed by atoms with van der Waals surface area (Å²) < 4.78 is 0. The van der Waals surface area contributed by atoms with E-state index in [0.29, 0.717) is 12.8 Å². The molecule has 0 spiro atoms. The molecule has 0 aromatic heterocycles. The summed E-state index contributed by atoms with van der Waals surface area (Å²) >= 11 is 0. The summed E-state index contributed by atoms with van der Waals surface area (Å²) in [5.41, 5.74) is 0. The minimum absolute atomic E-state index is 0.00527. The van der Waals surface area contributed by atoms with Crippen LogP contribution in [0.15, 0.2) is 12.2 Å². The molecule has 0 bridgehead atoms. The number of aliphatic hydroxyl groups excluding tert-OH is 2. The van der Waals surface area contributed by atoms with Gasteiger partial charge in [0.15, 0.2) is 6.29 Å². The van der Waals surface area contributed by atoms with Crippen LogP contribution in [0.4, 0.5) is 0 Å². The summed E-state index contributed by atoms with van der Waals surface area (Å²) in [4.78, 5) is 31.2. The van der Waals surface area contributed by atoms with E-state index in [1.807, 2.05) is 6.08 Å². The van der Waals surface area contributed by atoms with Gasteiger partial charge in [0.05, 0.1) is 0 Å². The van der Waals surface area contributed by atoms with E-state index in [1.54, 1.807) is 12.4 Å². The van der Waals surface area contributed by atoms with Gasteiger partial charge in [0.25, 0.3) is 0 Å². The van der Waals surface area contributed by atoms with Crippen molar-refractivity contribution in [2.75, 3.05) is 0 Å². The number of carbonyl (C=O) groups excluding carboxylic acids is 1. The average Bonchev–Trinajstić information content (AvgIpc) is 2.60. The Balaban J connectivity index is 4.63. The maximum Gasteiger partial charge on any atom is 0.242 e. The largest absolute Gasteiger partial charge is 0.386 e. The van der Waals surface area contributed by atoms with Crippen molar-refractivity contribution in [1.82, 2.24) is 0 Å². The molecule has 0 amide bonds. The highest BCUT2D eigenvalue weighted by Gasteiger charge is 2.36. The molecule has 2 N–H and O–H groups in total. The number of rotatable bonds is 17. The summed E-state index contributed by atoms with van der Waals surface area (Å²) in [6.45, 7) is 2.08. The molecule has 9 heteroatoms. The Morgan fingerprint density at radius 3 is 2.15 bits per heavy atom. The smallest absolute Gasteiger partial charge is 0.242 e. The fourth-order valence-corrected chi connectivity index (χ4v) is 2.80. The molecule has 0 heterocycles. The zero-order valence-electron chi connectivity index (χ0n) is 15.9. The van der Waals surface area contributed by atoms with Gasteiger partial charge in [-0.2, -0.15) is 0 Å². The average molecular weight is 387 g/mol. The van der Waals surface area contributed by atoms with Gasteiger partial charge in [-0.3, -0.25) is 25.0 Å². The van der Waals surface area contributed by atoms with Gasteiger partial charge in [-0.1, -0.05) is 31.9 Å². The second-order valence-corrected chi connectivity index (χ2v) is 6.67. The number of unbranched alkanes of at least 4 members (excludes halogenated alkanes) is 5. The zero-order chi connectivity index (χ0) is 20.7. The molecular weight excluding hydrogens is 356 g/mol. The molecule has 1 radical (unpaired) electrons. The molecule has 0 aromatic carbocycles. The Bertz CT molecular complexity index is 471. The van der Waals surface area contributed by atoms with Crippen LogP contribution in [0.5, 0.6) is 0 Å². The molecule has 4 atom stereocenters. The van der Waals surface area contributed by atoms with Crippen LogP contribution in [0.3, 0.4) is 0 Å². The predicted octanol–water partition coefficient (Wildman–Crippen LogP) is 2.59. The lowest BCUT2D eigenvalue weighted by atomic mass is 9.95. The lowest BCUT2D eigenvalue weighted by Gasteiger charge is -2.20. The SMILES string of the molecule is CCCCC/C=C/CC(C(O)CC(O)C(CCCC[C]=O)[N+](=O)[O-])[N+](=O)[O-]. The number of nitrogens with zero attached hydrogens (tertiary/aromatic N) is 2. The van der Waals surface area contributed by atoms with E-state index < -0.39 is 40.6 Å². The van der Waals surface area contributed by atoms with Gasteiger partial charge < -0.3 is 10.2 Å². The van der Waals surface area contributed by atoms with E-state index >= 15 is 0 Å². The Labute approximate surface area is 159 Å². The number of allylic oxidation sites excluding steroid dienone is 1. The van der Waals surface area contributed by atoms with Crippen molar-refractivity contribution in [3.8, 4) is 0 Å². The molecule has 9 nitrogen and oxygen atoms in total. The third-order valence-corrected chi connectivity index (χ3v) is 4.46. The van der Waals surface area contributed by atoms with E-state index in [-0.39, 0.29) is 19.3 Å². The molecule has 0 saturated heterocycles.